The van der Waals surface area contributed by atoms with E-state index >= 15 is 0 Å². The summed E-state index contributed by atoms with van der Waals surface area (Å²) >= 11 is 0. The molecule has 140 valence electrons. The van der Waals surface area contributed by atoms with E-state index in [4.69, 9.17) is 9.26 Å². The average molecular weight is 369 g/mol. The highest BCUT2D eigenvalue weighted by molar-refractivity contribution is 6.15. The zero-order chi connectivity index (χ0) is 19.2. The molecular formula is C19H19N3O5. The van der Waals surface area contributed by atoms with E-state index in [2.05, 4.69) is 5.16 Å². The van der Waals surface area contributed by atoms with E-state index in [1.165, 1.54) is 9.80 Å². The smallest absolute Gasteiger partial charge is 0.354 e. The second-order valence-corrected chi connectivity index (χ2v) is 6.62. The van der Waals surface area contributed by atoms with Gasteiger partial charge in [-0.05, 0) is 26.0 Å². The van der Waals surface area contributed by atoms with E-state index in [9.17, 15) is 14.4 Å². The van der Waals surface area contributed by atoms with Crippen LogP contribution in [0.25, 0.3) is 0 Å². The summed E-state index contributed by atoms with van der Waals surface area (Å²) in [6.07, 6.45) is 0.350. The molecule has 27 heavy (non-hydrogen) atoms. The van der Waals surface area contributed by atoms with Crippen LogP contribution in [0.3, 0.4) is 0 Å². The highest BCUT2D eigenvalue weighted by Crippen LogP contribution is 2.45. The van der Waals surface area contributed by atoms with Crippen LogP contribution >= 0.6 is 0 Å². The zero-order valence-electron chi connectivity index (χ0n) is 15.1. The number of rotatable bonds is 4. The highest BCUT2D eigenvalue weighted by atomic mass is 16.6. The average Bonchev–Trinajstić information content (AvgIpc) is 3.24. The lowest BCUT2D eigenvalue weighted by Crippen LogP contribution is -2.68. The molecule has 2 amide bonds. The molecule has 8 nitrogen and oxygen atoms in total. The molecule has 0 saturated carbocycles. The Labute approximate surface area is 155 Å². The van der Waals surface area contributed by atoms with E-state index in [0.29, 0.717) is 22.7 Å². The number of carbonyl (C=O) groups excluding carboxylic acids is 3. The molecule has 1 atom stereocenters. The third-order valence-corrected chi connectivity index (χ3v) is 5.04. The predicted octanol–water partition coefficient (Wildman–Crippen LogP) is 2.03. The van der Waals surface area contributed by atoms with Gasteiger partial charge in [-0.15, -0.1) is 0 Å². The lowest BCUT2D eigenvalue weighted by molar-refractivity contribution is -0.159. The van der Waals surface area contributed by atoms with Gasteiger partial charge in [0.15, 0.2) is 12.4 Å². The van der Waals surface area contributed by atoms with Crippen molar-refractivity contribution in [1.82, 2.24) is 10.1 Å². The molecule has 0 spiro atoms. The maximum atomic E-state index is 13.2. The van der Waals surface area contributed by atoms with Crippen LogP contribution in [-0.2, 0) is 20.9 Å². The molecule has 1 aromatic carbocycles. The molecule has 8 heteroatoms. The van der Waals surface area contributed by atoms with E-state index in [1.54, 1.807) is 44.2 Å². The van der Waals surface area contributed by atoms with Gasteiger partial charge in [-0.25, -0.2) is 4.79 Å². The number of para-hydroxylation sites is 1. The van der Waals surface area contributed by atoms with Crippen LogP contribution in [0.4, 0.5) is 5.69 Å². The Morgan fingerprint density at radius 3 is 2.81 bits per heavy atom. The van der Waals surface area contributed by atoms with Gasteiger partial charge in [0.1, 0.15) is 0 Å². The molecule has 2 aliphatic rings. The fourth-order valence-corrected chi connectivity index (χ4v) is 3.91. The minimum Gasteiger partial charge on any atom is -0.454 e. The summed E-state index contributed by atoms with van der Waals surface area (Å²) in [5.74, 6) is -0.738. The lowest BCUT2D eigenvalue weighted by Gasteiger charge is -2.47. The molecular weight excluding hydrogens is 350 g/mol. The van der Waals surface area contributed by atoms with Crippen molar-refractivity contribution >= 4 is 23.5 Å². The molecule has 4 rings (SSSR count). The monoisotopic (exact) mass is 369 g/mol. The van der Waals surface area contributed by atoms with Gasteiger partial charge < -0.3 is 14.2 Å². The molecule has 0 bridgehead atoms. The van der Waals surface area contributed by atoms with E-state index < -0.39 is 11.6 Å². The van der Waals surface area contributed by atoms with Crippen molar-refractivity contribution in [2.45, 2.75) is 39.0 Å². The number of esters is 1. The first kappa shape index (κ1) is 17.3. The Morgan fingerprint density at radius 2 is 2.11 bits per heavy atom. The number of anilines is 1. The molecule has 1 saturated heterocycles. The van der Waals surface area contributed by atoms with Crippen molar-refractivity contribution in [2.75, 3.05) is 11.4 Å². The molecule has 2 aliphatic heterocycles. The first-order valence-electron chi connectivity index (χ1n) is 8.82. The molecule has 3 heterocycles. The maximum absolute atomic E-state index is 13.2. The van der Waals surface area contributed by atoms with Gasteiger partial charge in [0.25, 0.3) is 5.91 Å². The van der Waals surface area contributed by atoms with Gasteiger partial charge >= 0.3 is 5.97 Å². The van der Waals surface area contributed by atoms with Gasteiger partial charge in [0.2, 0.25) is 11.6 Å². The Bertz CT molecular complexity index is 937. The summed E-state index contributed by atoms with van der Waals surface area (Å²) in [6, 6.07) is 8.50. The third kappa shape index (κ3) is 2.43. The fraction of sp³-hybridized carbons (Fsp3) is 0.368. The maximum Gasteiger partial charge on any atom is 0.354 e. The van der Waals surface area contributed by atoms with Crippen LogP contribution < -0.4 is 4.90 Å². The minimum atomic E-state index is -1.47. The van der Waals surface area contributed by atoms with E-state index in [0.717, 1.165) is 0 Å². The number of hydrogen-bond acceptors (Lipinski definition) is 6. The summed E-state index contributed by atoms with van der Waals surface area (Å²) in [6.45, 7) is 3.70. The quantitative estimate of drug-likeness (QED) is 0.766. The number of nitrogens with zero attached hydrogens (tertiary/aromatic N) is 3. The Hall–Kier alpha value is -3.16. The molecule has 2 aromatic rings. The van der Waals surface area contributed by atoms with Crippen molar-refractivity contribution in [1.29, 1.82) is 0 Å². The SMILES string of the molecule is CCN1C(=O)c2ccccc2N2C(=O)CC[C@@]12C(=O)OCc1cc(C)no1. The largest absolute Gasteiger partial charge is 0.454 e. The summed E-state index contributed by atoms with van der Waals surface area (Å²) in [5.41, 5.74) is 0.0617. The topological polar surface area (TPSA) is 93.0 Å². The van der Waals surface area contributed by atoms with Crippen molar-refractivity contribution in [2.24, 2.45) is 0 Å². The van der Waals surface area contributed by atoms with Crippen molar-refractivity contribution in [3.05, 3.63) is 47.3 Å². The minimum absolute atomic E-state index is 0.114. The molecule has 1 fully saturated rings. The number of likely N-dealkylation sites (N-methyl/N-ethyl adjacent to an activating group) is 1. The summed E-state index contributed by atoms with van der Waals surface area (Å²) in [7, 11) is 0. The number of aryl methyl sites for hydroxylation is 1. The third-order valence-electron chi connectivity index (χ3n) is 5.04. The van der Waals surface area contributed by atoms with Gasteiger partial charge in [0.05, 0.1) is 16.9 Å². The van der Waals surface area contributed by atoms with Crippen LogP contribution in [0.2, 0.25) is 0 Å². The summed E-state index contributed by atoms with van der Waals surface area (Å²) < 4.78 is 10.5. The van der Waals surface area contributed by atoms with Gasteiger partial charge in [-0.1, -0.05) is 17.3 Å². The van der Waals surface area contributed by atoms with Crippen LogP contribution in [0.1, 0.15) is 41.6 Å². The van der Waals surface area contributed by atoms with Crippen LogP contribution in [-0.4, -0.2) is 40.0 Å². The van der Waals surface area contributed by atoms with Gasteiger partial charge in [-0.2, -0.15) is 0 Å². The normalized spacial score (nSPS) is 21.3. The number of carbonyl (C=O) groups is 3. The first-order valence-corrected chi connectivity index (χ1v) is 8.82. The summed E-state index contributed by atoms with van der Waals surface area (Å²) in [5, 5.41) is 3.76. The lowest BCUT2D eigenvalue weighted by atomic mass is 9.96. The van der Waals surface area contributed by atoms with E-state index in [1.807, 2.05) is 0 Å². The number of hydrogen-bond donors (Lipinski definition) is 0. The second kappa shape index (κ2) is 6.22. The number of fused-ring (bicyclic) bond motifs is 3. The van der Waals surface area contributed by atoms with Crippen molar-refractivity contribution in [3.8, 4) is 0 Å². The molecule has 0 unspecified atom stereocenters. The zero-order valence-corrected chi connectivity index (χ0v) is 15.1. The van der Waals surface area contributed by atoms with Crippen LogP contribution in [0, 0.1) is 6.92 Å². The molecule has 0 aliphatic carbocycles. The number of amides is 2. The fourth-order valence-electron chi connectivity index (χ4n) is 3.91. The predicted molar refractivity (Wildman–Crippen MR) is 93.6 cm³/mol. The van der Waals surface area contributed by atoms with Crippen molar-refractivity contribution < 1.29 is 23.6 Å². The van der Waals surface area contributed by atoms with E-state index in [-0.39, 0.29) is 37.8 Å². The Morgan fingerprint density at radius 1 is 1.33 bits per heavy atom. The van der Waals surface area contributed by atoms with Crippen LogP contribution in [0.5, 0.6) is 0 Å². The Kier molecular flexibility index (Phi) is 3.98. The summed E-state index contributed by atoms with van der Waals surface area (Å²) in [4.78, 5) is 41.7. The molecule has 0 N–H and O–H groups in total. The Balaban J connectivity index is 1.74. The van der Waals surface area contributed by atoms with Gasteiger partial charge in [0, 0.05) is 25.5 Å². The van der Waals surface area contributed by atoms with Gasteiger partial charge in [-0.3, -0.25) is 14.5 Å². The van der Waals surface area contributed by atoms with Crippen LogP contribution in [0.15, 0.2) is 34.9 Å². The first-order chi connectivity index (χ1) is 13.0. The standard InChI is InChI=1S/C19H19N3O5/c1-3-21-17(24)14-6-4-5-7-15(14)22-16(23)8-9-19(21,22)18(25)26-11-13-10-12(2)20-27-13/h4-7,10H,3,8-9,11H2,1-2H3/t19-/m1/s1. The molecule has 1 aromatic heterocycles. The number of benzene rings is 1. The number of ether oxygens (including phenoxy) is 1. The molecule has 0 radical (unpaired) electrons. The second-order valence-electron chi connectivity index (χ2n) is 6.62. The number of aromatic nitrogens is 1. The highest BCUT2D eigenvalue weighted by Gasteiger charge is 2.61. The van der Waals surface area contributed by atoms with Crippen molar-refractivity contribution in [3.63, 3.8) is 0 Å².